The molecule has 86 valence electrons. The maximum atomic E-state index is 11.1. The summed E-state index contributed by atoms with van der Waals surface area (Å²) in [5.41, 5.74) is 1.34. The topological polar surface area (TPSA) is 46.9 Å². The first-order chi connectivity index (χ1) is 7.06. The SMILES string of the molecule is CC.CCC(=O)Nc1c(C)nn(C)c1Cl. The number of anilines is 1. The maximum Gasteiger partial charge on any atom is 0.224 e. The van der Waals surface area contributed by atoms with Crippen molar-refractivity contribution in [1.29, 1.82) is 0 Å². The van der Waals surface area contributed by atoms with E-state index in [1.165, 1.54) is 4.68 Å². The van der Waals surface area contributed by atoms with E-state index in [0.717, 1.165) is 5.69 Å². The molecule has 5 heteroatoms. The molecule has 0 atom stereocenters. The Morgan fingerprint density at radius 1 is 1.53 bits per heavy atom. The first-order valence-electron chi connectivity index (χ1n) is 5.05. The molecule has 0 saturated heterocycles. The summed E-state index contributed by atoms with van der Waals surface area (Å²) < 4.78 is 1.53. The fourth-order valence-corrected chi connectivity index (χ4v) is 1.22. The minimum atomic E-state index is -0.0574. The van der Waals surface area contributed by atoms with Crippen LogP contribution in [0.15, 0.2) is 0 Å². The van der Waals surface area contributed by atoms with E-state index < -0.39 is 0 Å². The van der Waals surface area contributed by atoms with Gasteiger partial charge in [0.1, 0.15) is 5.69 Å². The molecule has 0 saturated carbocycles. The third-order valence-electron chi connectivity index (χ3n) is 1.74. The lowest BCUT2D eigenvalue weighted by Crippen LogP contribution is -2.10. The Morgan fingerprint density at radius 3 is 2.40 bits per heavy atom. The van der Waals surface area contributed by atoms with Crippen LogP contribution < -0.4 is 5.32 Å². The van der Waals surface area contributed by atoms with Gasteiger partial charge < -0.3 is 5.32 Å². The highest BCUT2D eigenvalue weighted by molar-refractivity contribution is 6.32. The van der Waals surface area contributed by atoms with Gasteiger partial charge in [0.05, 0.1) is 5.69 Å². The number of hydrogen-bond donors (Lipinski definition) is 1. The number of rotatable bonds is 2. The van der Waals surface area contributed by atoms with Crippen molar-refractivity contribution in [2.75, 3.05) is 5.32 Å². The summed E-state index contributed by atoms with van der Waals surface area (Å²) in [6, 6.07) is 0. The third-order valence-corrected chi connectivity index (χ3v) is 2.17. The number of aromatic nitrogens is 2. The van der Waals surface area contributed by atoms with Gasteiger partial charge in [0.2, 0.25) is 5.91 Å². The summed E-state index contributed by atoms with van der Waals surface area (Å²) >= 11 is 5.90. The van der Waals surface area contributed by atoms with E-state index >= 15 is 0 Å². The van der Waals surface area contributed by atoms with E-state index in [9.17, 15) is 4.79 Å². The second kappa shape index (κ2) is 6.45. The van der Waals surface area contributed by atoms with Crippen LogP contribution in [-0.4, -0.2) is 15.7 Å². The zero-order valence-electron chi connectivity index (χ0n) is 9.89. The summed E-state index contributed by atoms with van der Waals surface area (Å²) in [5, 5.41) is 7.22. The van der Waals surface area contributed by atoms with Crippen LogP contribution >= 0.6 is 11.6 Å². The molecule has 4 nitrogen and oxygen atoms in total. The molecular weight excluding hydrogens is 214 g/mol. The van der Waals surface area contributed by atoms with E-state index in [2.05, 4.69) is 10.4 Å². The number of nitrogens with one attached hydrogen (secondary N) is 1. The summed E-state index contributed by atoms with van der Waals surface area (Å²) in [7, 11) is 1.73. The normalized spacial score (nSPS) is 9.20. The molecule has 1 heterocycles. The van der Waals surface area contributed by atoms with Gasteiger partial charge >= 0.3 is 0 Å². The lowest BCUT2D eigenvalue weighted by molar-refractivity contribution is -0.115. The Hall–Kier alpha value is -1.03. The van der Waals surface area contributed by atoms with Crippen LogP contribution in [0.4, 0.5) is 5.69 Å². The molecule has 0 unspecified atom stereocenters. The molecule has 1 aromatic rings. The maximum absolute atomic E-state index is 11.1. The number of nitrogens with zero attached hydrogens (tertiary/aromatic N) is 2. The van der Waals surface area contributed by atoms with Crippen LogP contribution in [-0.2, 0) is 11.8 Å². The van der Waals surface area contributed by atoms with E-state index in [-0.39, 0.29) is 5.91 Å². The van der Waals surface area contributed by atoms with Gasteiger partial charge in [0, 0.05) is 13.5 Å². The zero-order valence-corrected chi connectivity index (χ0v) is 10.6. The van der Waals surface area contributed by atoms with Gasteiger partial charge in [-0.2, -0.15) is 5.10 Å². The van der Waals surface area contributed by atoms with Crippen molar-refractivity contribution < 1.29 is 4.79 Å². The Labute approximate surface area is 95.6 Å². The number of carbonyl (C=O) groups is 1. The van der Waals surface area contributed by atoms with Crippen LogP contribution in [0, 0.1) is 6.92 Å². The molecule has 1 aromatic heterocycles. The first-order valence-corrected chi connectivity index (χ1v) is 5.43. The van der Waals surface area contributed by atoms with E-state index in [0.29, 0.717) is 17.3 Å². The third kappa shape index (κ3) is 3.55. The molecule has 1 amide bonds. The smallest absolute Gasteiger partial charge is 0.224 e. The Kier molecular flexibility index (Phi) is 6.01. The highest BCUT2D eigenvalue weighted by Crippen LogP contribution is 2.24. The van der Waals surface area contributed by atoms with Gasteiger partial charge in [0.25, 0.3) is 0 Å². The average molecular weight is 232 g/mol. The minimum Gasteiger partial charge on any atom is -0.322 e. The van der Waals surface area contributed by atoms with Crippen LogP contribution in [0.2, 0.25) is 5.15 Å². The molecule has 1 rings (SSSR count). The summed E-state index contributed by atoms with van der Waals surface area (Å²) in [6.07, 6.45) is 0.435. The monoisotopic (exact) mass is 231 g/mol. The molecule has 15 heavy (non-hydrogen) atoms. The van der Waals surface area contributed by atoms with Crippen molar-refractivity contribution in [2.24, 2.45) is 7.05 Å². The highest BCUT2D eigenvalue weighted by Gasteiger charge is 2.12. The zero-order chi connectivity index (χ0) is 12.0. The van der Waals surface area contributed by atoms with Crippen molar-refractivity contribution in [3.8, 4) is 0 Å². The van der Waals surface area contributed by atoms with Crippen LogP contribution in [0.3, 0.4) is 0 Å². The molecule has 0 aliphatic carbocycles. The summed E-state index contributed by atoms with van der Waals surface area (Å²) in [6.45, 7) is 7.59. The van der Waals surface area contributed by atoms with Crippen molar-refractivity contribution in [3.05, 3.63) is 10.8 Å². The van der Waals surface area contributed by atoms with Crippen LogP contribution in [0.1, 0.15) is 32.9 Å². The van der Waals surface area contributed by atoms with Crippen molar-refractivity contribution in [1.82, 2.24) is 9.78 Å². The number of halogens is 1. The van der Waals surface area contributed by atoms with Gasteiger partial charge in [-0.05, 0) is 6.92 Å². The molecule has 0 aliphatic heterocycles. The van der Waals surface area contributed by atoms with Crippen LogP contribution in [0.25, 0.3) is 0 Å². The Morgan fingerprint density at radius 2 is 2.07 bits per heavy atom. The van der Waals surface area contributed by atoms with Crippen molar-refractivity contribution in [2.45, 2.75) is 34.1 Å². The molecule has 0 spiro atoms. The number of hydrogen-bond acceptors (Lipinski definition) is 2. The molecule has 0 aliphatic rings. The lowest BCUT2D eigenvalue weighted by atomic mass is 10.3. The summed E-state index contributed by atoms with van der Waals surface area (Å²) in [4.78, 5) is 11.1. The predicted octanol–water partition coefficient (Wildman–Crippen LogP) is 2.76. The van der Waals surface area contributed by atoms with Gasteiger partial charge in [-0.3, -0.25) is 9.48 Å². The largest absolute Gasteiger partial charge is 0.322 e. The summed E-state index contributed by atoms with van der Waals surface area (Å²) in [5.74, 6) is -0.0574. The van der Waals surface area contributed by atoms with E-state index in [4.69, 9.17) is 11.6 Å². The average Bonchev–Trinajstić information content (AvgIpc) is 2.48. The standard InChI is InChI=1S/C8H12ClN3O.C2H6/c1-4-6(13)10-7-5(2)11-12(3)8(7)9;1-2/h4H2,1-3H3,(H,10,13);1-2H3. The van der Waals surface area contributed by atoms with Crippen molar-refractivity contribution >= 4 is 23.2 Å². The fraction of sp³-hybridized carbons (Fsp3) is 0.600. The molecule has 0 fully saturated rings. The van der Waals surface area contributed by atoms with Gasteiger partial charge in [-0.25, -0.2) is 0 Å². The quantitative estimate of drug-likeness (QED) is 0.851. The highest BCUT2D eigenvalue weighted by atomic mass is 35.5. The minimum absolute atomic E-state index is 0.0574. The van der Waals surface area contributed by atoms with Crippen molar-refractivity contribution in [3.63, 3.8) is 0 Å². The second-order valence-corrected chi connectivity index (χ2v) is 3.13. The van der Waals surface area contributed by atoms with Crippen LogP contribution in [0.5, 0.6) is 0 Å². The molecule has 0 aromatic carbocycles. The first kappa shape index (κ1) is 14.0. The van der Waals surface area contributed by atoms with E-state index in [1.54, 1.807) is 20.9 Å². The lowest BCUT2D eigenvalue weighted by Gasteiger charge is -2.01. The number of aryl methyl sites for hydroxylation is 2. The molecule has 1 N–H and O–H groups in total. The molecular formula is C10H18ClN3O. The van der Waals surface area contributed by atoms with Gasteiger partial charge in [-0.15, -0.1) is 0 Å². The molecule has 0 radical (unpaired) electrons. The fourth-order valence-electron chi connectivity index (χ4n) is 1.000. The second-order valence-electron chi connectivity index (χ2n) is 2.78. The number of carbonyl (C=O) groups excluding carboxylic acids is 1. The van der Waals surface area contributed by atoms with Gasteiger partial charge in [0.15, 0.2) is 5.15 Å². The number of amides is 1. The Balaban J connectivity index is 0.000000921. The molecule has 0 bridgehead atoms. The Bertz CT molecular complexity index is 334. The van der Waals surface area contributed by atoms with E-state index in [1.807, 2.05) is 13.8 Å². The van der Waals surface area contributed by atoms with Gasteiger partial charge in [-0.1, -0.05) is 32.4 Å². The predicted molar refractivity (Wildman–Crippen MR) is 63.2 cm³/mol.